The molecule has 0 radical (unpaired) electrons. The average molecular weight is 325 g/mol. The molecule has 5 heteroatoms. The predicted octanol–water partition coefficient (Wildman–Crippen LogP) is 2.74. The summed E-state index contributed by atoms with van der Waals surface area (Å²) in [6, 6.07) is 6.69. The maximum atomic E-state index is 12.8. The van der Waals surface area contributed by atoms with Crippen molar-refractivity contribution in [3.8, 4) is 0 Å². The number of carbonyl (C=O) groups excluding carboxylic acids is 2. The largest absolute Gasteiger partial charge is 0.481 e. The summed E-state index contributed by atoms with van der Waals surface area (Å²) < 4.78 is 0. The molecule has 5 nitrogen and oxygen atoms in total. The van der Waals surface area contributed by atoms with Crippen molar-refractivity contribution < 1.29 is 19.5 Å². The van der Waals surface area contributed by atoms with Gasteiger partial charge in [0.2, 0.25) is 5.91 Å². The van der Waals surface area contributed by atoms with Crippen LogP contribution in [0.25, 0.3) is 0 Å². The molecule has 0 heterocycles. The van der Waals surface area contributed by atoms with E-state index in [1.165, 1.54) is 6.92 Å². The highest BCUT2D eigenvalue weighted by Gasteiger charge is 2.70. The number of anilines is 1. The smallest absolute Gasteiger partial charge is 0.307 e. The fourth-order valence-corrected chi connectivity index (χ4v) is 4.70. The molecule has 4 rings (SSSR count). The summed E-state index contributed by atoms with van der Waals surface area (Å²) in [4.78, 5) is 35.8. The number of aliphatic carboxylic acids is 1. The molecule has 0 saturated heterocycles. The van der Waals surface area contributed by atoms with Gasteiger partial charge in [-0.05, 0) is 61.3 Å². The zero-order valence-corrected chi connectivity index (χ0v) is 13.4. The Labute approximate surface area is 139 Å². The molecular weight excluding hydrogens is 306 g/mol. The third-order valence-corrected chi connectivity index (χ3v) is 5.99. The van der Waals surface area contributed by atoms with E-state index in [-0.39, 0.29) is 28.9 Å². The van der Waals surface area contributed by atoms with Crippen LogP contribution in [-0.4, -0.2) is 22.8 Å². The minimum Gasteiger partial charge on any atom is -0.481 e. The number of carbonyl (C=O) groups is 3. The average Bonchev–Trinajstić information content (AvgIpc) is 3.21. The van der Waals surface area contributed by atoms with Crippen molar-refractivity contribution in [2.45, 2.75) is 19.8 Å². The molecule has 2 N–H and O–H groups in total. The van der Waals surface area contributed by atoms with E-state index in [4.69, 9.17) is 0 Å². The second-order valence-corrected chi connectivity index (χ2v) is 7.18. The van der Waals surface area contributed by atoms with Crippen LogP contribution < -0.4 is 5.32 Å². The van der Waals surface area contributed by atoms with Crippen molar-refractivity contribution >= 4 is 23.3 Å². The van der Waals surface area contributed by atoms with E-state index in [9.17, 15) is 19.5 Å². The number of benzene rings is 1. The van der Waals surface area contributed by atoms with Crippen LogP contribution in [0, 0.1) is 29.1 Å². The van der Waals surface area contributed by atoms with Gasteiger partial charge in [-0.3, -0.25) is 14.4 Å². The zero-order valence-electron chi connectivity index (χ0n) is 13.4. The van der Waals surface area contributed by atoms with Crippen LogP contribution >= 0.6 is 0 Å². The van der Waals surface area contributed by atoms with Gasteiger partial charge in [0.15, 0.2) is 5.78 Å². The second-order valence-electron chi connectivity index (χ2n) is 7.18. The first-order valence-corrected chi connectivity index (χ1v) is 8.27. The summed E-state index contributed by atoms with van der Waals surface area (Å²) in [5.41, 5.74) is 1.19. The maximum Gasteiger partial charge on any atom is 0.307 e. The van der Waals surface area contributed by atoms with E-state index in [2.05, 4.69) is 5.32 Å². The number of carboxylic acids is 1. The Morgan fingerprint density at radius 3 is 2.12 bits per heavy atom. The number of hydrogen-bond acceptors (Lipinski definition) is 3. The molecule has 1 spiro atoms. The van der Waals surface area contributed by atoms with Crippen LogP contribution in [0.5, 0.6) is 0 Å². The van der Waals surface area contributed by atoms with Crippen molar-refractivity contribution in [2.24, 2.45) is 29.1 Å². The Morgan fingerprint density at radius 2 is 1.62 bits per heavy atom. The van der Waals surface area contributed by atoms with Crippen molar-refractivity contribution in [3.63, 3.8) is 0 Å². The summed E-state index contributed by atoms with van der Waals surface area (Å²) >= 11 is 0. The molecule has 1 aromatic carbocycles. The lowest BCUT2D eigenvalue weighted by atomic mass is 9.82. The lowest BCUT2D eigenvalue weighted by Gasteiger charge is -2.23. The number of rotatable bonds is 4. The number of carboxylic acid groups (broad SMARTS) is 1. The number of hydrogen-bond donors (Lipinski definition) is 2. The molecule has 1 amide bonds. The van der Waals surface area contributed by atoms with E-state index >= 15 is 0 Å². The Hall–Kier alpha value is -2.43. The topological polar surface area (TPSA) is 83.5 Å². The lowest BCUT2D eigenvalue weighted by molar-refractivity contribution is -0.146. The van der Waals surface area contributed by atoms with Crippen LogP contribution in [0.15, 0.2) is 36.4 Å². The third kappa shape index (κ3) is 2.04. The monoisotopic (exact) mass is 325 g/mol. The summed E-state index contributed by atoms with van der Waals surface area (Å²) in [5.74, 6) is -2.30. The van der Waals surface area contributed by atoms with Gasteiger partial charge < -0.3 is 10.4 Å². The van der Waals surface area contributed by atoms with Crippen LogP contribution in [0.1, 0.15) is 30.1 Å². The van der Waals surface area contributed by atoms with Crippen LogP contribution in [0.2, 0.25) is 0 Å². The number of amides is 1. The Balaban J connectivity index is 1.56. The van der Waals surface area contributed by atoms with Crippen molar-refractivity contribution in [1.82, 2.24) is 0 Å². The molecular formula is C19H19NO4. The Morgan fingerprint density at radius 1 is 1.04 bits per heavy atom. The molecule has 2 bridgehead atoms. The van der Waals surface area contributed by atoms with Gasteiger partial charge in [0.25, 0.3) is 0 Å². The van der Waals surface area contributed by atoms with E-state index in [0.717, 1.165) is 12.8 Å². The van der Waals surface area contributed by atoms with Crippen LogP contribution in [0.3, 0.4) is 0 Å². The lowest BCUT2D eigenvalue weighted by Crippen LogP contribution is -2.36. The van der Waals surface area contributed by atoms with E-state index in [0.29, 0.717) is 11.3 Å². The molecule has 0 aromatic heterocycles. The fraction of sp³-hybridized carbons (Fsp3) is 0.421. The second kappa shape index (κ2) is 5.03. The first-order chi connectivity index (χ1) is 11.4. The minimum absolute atomic E-state index is 0.0174. The molecule has 1 aromatic rings. The maximum absolute atomic E-state index is 12.8. The van der Waals surface area contributed by atoms with Gasteiger partial charge in [-0.15, -0.1) is 0 Å². The minimum atomic E-state index is -0.884. The predicted molar refractivity (Wildman–Crippen MR) is 87.5 cm³/mol. The standard InChI is InChI=1S/C19H19NO4/c1-10(21)11-2-4-12(5-3-11)20-17(22)15-13-6-7-14(16(15)18(23)24)19(13)8-9-19/h2-7,13-16H,8-9H2,1H3,(H,20,22)(H,23,24)/t13-,14-,15+,16-/m1/s1. The van der Waals surface area contributed by atoms with Crippen molar-refractivity contribution in [2.75, 3.05) is 5.32 Å². The number of nitrogens with one attached hydrogen (secondary N) is 1. The third-order valence-electron chi connectivity index (χ3n) is 5.99. The number of ketones is 1. The fourth-order valence-electron chi connectivity index (χ4n) is 4.70. The first-order valence-electron chi connectivity index (χ1n) is 8.27. The van der Waals surface area contributed by atoms with E-state index in [1.807, 2.05) is 12.2 Å². The molecule has 2 saturated carbocycles. The first kappa shape index (κ1) is 15.1. The normalized spacial score (nSPS) is 31.2. The molecule has 4 atom stereocenters. The van der Waals surface area contributed by atoms with Crippen LogP contribution in [0.4, 0.5) is 5.69 Å². The molecule has 2 fully saturated rings. The van der Waals surface area contributed by atoms with Gasteiger partial charge in [0.05, 0.1) is 11.8 Å². The van der Waals surface area contributed by atoms with E-state index in [1.54, 1.807) is 24.3 Å². The molecule has 3 aliphatic rings. The number of allylic oxidation sites excluding steroid dienone is 2. The zero-order chi connectivity index (χ0) is 17.1. The van der Waals surface area contributed by atoms with Crippen molar-refractivity contribution in [1.29, 1.82) is 0 Å². The van der Waals surface area contributed by atoms with Gasteiger partial charge in [-0.1, -0.05) is 12.2 Å². The van der Waals surface area contributed by atoms with Gasteiger partial charge in [-0.2, -0.15) is 0 Å². The van der Waals surface area contributed by atoms with Crippen molar-refractivity contribution in [3.05, 3.63) is 42.0 Å². The van der Waals surface area contributed by atoms with Crippen LogP contribution in [-0.2, 0) is 9.59 Å². The highest BCUT2D eigenvalue weighted by molar-refractivity contribution is 5.98. The van der Waals surface area contributed by atoms with E-state index < -0.39 is 17.8 Å². The van der Waals surface area contributed by atoms with Gasteiger partial charge in [0, 0.05) is 11.3 Å². The molecule has 24 heavy (non-hydrogen) atoms. The highest BCUT2D eigenvalue weighted by Crippen LogP contribution is 2.72. The molecule has 0 aliphatic heterocycles. The molecule has 3 aliphatic carbocycles. The summed E-state index contributed by atoms with van der Waals surface area (Å²) in [5, 5.41) is 12.5. The molecule has 124 valence electrons. The Kier molecular flexibility index (Phi) is 3.17. The Bertz CT molecular complexity index is 760. The SMILES string of the molecule is CC(=O)c1ccc(NC(=O)[C@@H]2[C@H](C(=O)O)[C@H]3C=C[C@H]2C32CC2)cc1. The highest BCUT2D eigenvalue weighted by atomic mass is 16.4. The quantitative estimate of drug-likeness (QED) is 0.658. The summed E-state index contributed by atoms with van der Waals surface area (Å²) in [6.45, 7) is 1.49. The summed E-state index contributed by atoms with van der Waals surface area (Å²) in [7, 11) is 0. The van der Waals surface area contributed by atoms with Gasteiger partial charge >= 0.3 is 5.97 Å². The number of Topliss-reactive ketones (excluding diaryl/α,β-unsaturated/α-hetero) is 1. The molecule has 0 unspecified atom stereocenters. The van der Waals surface area contributed by atoms with Gasteiger partial charge in [0.1, 0.15) is 0 Å². The van der Waals surface area contributed by atoms with Gasteiger partial charge in [-0.25, -0.2) is 0 Å². The summed E-state index contributed by atoms with van der Waals surface area (Å²) in [6.07, 6.45) is 6.06.